The van der Waals surface area contributed by atoms with Crippen LogP contribution in [0.15, 0.2) is 0 Å². The van der Waals surface area contributed by atoms with Crippen molar-refractivity contribution in [2.45, 2.75) is 32.1 Å². The Hall–Kier alpha value is -0.410. The number of likely N-dealkylation sites (tertiary alicyclic amines) is 1. The van der Waals surface area contributed by atoms with E-state index in [2.05, 4.69) is 16.8 Å². The van der Waals surface area contributed by atoms with Crippen LogP contribution < -0.4 is 0 Å². The Balaban J connectivity index is 1.63. The summed E-state index contributed by atoms with van der Waals surface area (Å²) in [6.45, 7) is 5.82. The third-order valence-corrected chi connectivity index (χ3v) is 3.96. The van der Waals surface area contributed by atoms with E-state index >= 15 is 0 Å². The minimum Gasteiger partial charge on any atom is -0.304 e. The number of ketones is 1. The summed E-state index contributed by atoms with van der Waals surface area (Å²) in [6.07, 6.45) is 5.79. The Bertz CT molecular complexity index is 236. The zero-order chi connectivity index (χ0) is 11.4. The van der Waals surface area contributed by atoms with Gasteiger partial charge in [-0.1, -0.05) is 0 Å². The minimum absolute atomic E-state index is 0.337. The zero-order valence-corrected chi connectivity index (χ0v) is 10.5. The van der Waals surface area contributed by atoms with E-state index in [1.165, 1.54) is 32.5 Å². The van der Waals surface area contributed by atoms with E-state index in [1.807, 2.05) is 0 Å². The summed E-state index contributed by atoms with van der Waals surface area (Å²) in [4.78, 5) is 16.4. The van der Waals surface area contributed by atoms with Crippen LogP contribution in [0.2, 0.25) is 0 Å². The molecule has 0 spiro atoms. The second kappa shape index (κ2) is 5.78. The van der Waals surface area contributed by atoms with E-state index in [4.69, 9.17) is 0 Å². The standard InChI is InChI=1S/C13H24N2O/c1-14(9-10-15-7-2-3-8-15)11-12-5-4-6-13(12)16/h12H,2-11H2,1H3. The Morgan fingerprint density at radius 3 is 2.69 bits per heavy atom. The lowest BCUT2D eigenvalue weighted by molar-refractivity contribution is -0.121. The van der Waals surface area contributed by atoms with Crippen LogP contribution >= 0.6 is 0 Å². The van der Waals surface area contributed by atoms with Crippen LogP contribution in [-0.2, 0) is 4.79 Å². The van der Waals surface area contributed by atoms with Gasteiger partial charge in [0.1, 0.15) is 5.78 Å². The molecular formula is C13H24N2O. The van der Waals surface area contributed by atoms with Crippen LogP contribution in [0.3, 0.4) is 0 Å². The van der Waals surface area contributed by atoms with Crippen molar-refractivity contribution < 1.29 is 4.79 Å². The molecule has 0 radical (unpaired) electrons. The summed E-state index contributed by atoms with van der Waals surface area (Å²) in [5, 5.41) is 0. The largest absolute Gasteiger partial charge is 0.304 e. The molecule has 3 nitrogen and oxygen atoms in total. The maximum Gasteiger partial charge on any atom is 0.137 e. The molecular weight excluding hydrogens is 200 g/mol. The van der Waals surface area contributed by atoms with Crippen molar-refractivity contribution in [1.82, 2.24) is 9.80 Å². The topological polar surface area (TPSA) is 23.6 Å². The van der Waals surface area contributed by atoms with E-state index < -0.39 is 0 Å². The molecule has 0 aromatic carbocycles. The number of hydrogen-bond acceptors (Lipinski definition) is 3. The van der Waals surface area contributed by atoms with E-state index in [1.54, 1.807) is 0 Å². The van der Waals surface area contributed by atoms with E-state index in [0.29, 0.717) is 11.7 Å². The van der Waals surface area contributed by atoms with E-state index in [-0.39, 0.29) is 0 Å². The molecule has 2 rings (SSSR count). The molecule has 1 saturated carbocycles. The quantitative estimate of drug-likeness (QED) is 0.705. The highest BCUT2D eigenvalue weighted by molar-refractivity contribution is 5.83. The van der Waals surface area contributed by atoms with Gasteiger partial charge < -0.3 is 9.80 Å². The predicted molar refractivity (Wildman–Crippen MR) is 65.5 cm³/mol. The zero-order valence-electron chi connectivity index (χ0n) is 10.5. The van der Waals surface area contributed by atoms with Crippen molar-refractivity contribution in [3.8, 4) is 0 Å². The molecule has 2 fully saturated rings. The van der Waals surface area contributed by atoms with Crippen molar-refractivity contribution in [1.29, 1.82) is 0 Å². The lowest BCUT2D eigenvalue weighted by Gasteiger charge is -2.23. The Morgan fingerprint density at radius 2 is 2.06 bits per heavy atom. The second-order valence-electron chi connectivity index (χ2n) is 5.37. The van der Waals surface area contributed by atoms with E-state index in [9.17, 15) is 4.79 Å². The predicted octanol–water partition coefficient (Wildman–Crippen LogP) is 1.38. The van der Waals surface area contributed by atoms with Gasteiger partial charge in [-0.2, -0.15) is 0 Å². The molecule has 92 valence electrons. The summed E-state index contributed by atoms with van der Waals surface area (Å²) >= 11 is 0. The average Bonchev–Trinajstić information content (AvgIpc) is 2.88. The van der Waals surface area contributed by atoms with Gasteiger partial charge in [-0.05, 0) is 45.8 Å². The van der Waals surface area contributed by atoms with Gasteiger partial charge in [0.2, 0.25) is 0 Å². The van der Waals surface area contributed by atoms with Gasteiger partial charge in [-0.25, -0.2) is 0 Å². The first-order chi connectivity index (χ1) is 7.75. The van der Waals surface area contributed by atoms with Gasteiger partial charge in [-0.3, -0.25) is 4.79 Å². The lowest BCUT2D eigenvalue weighted by Crippen LogP contribution is -2.35. The smallest absolute Gasteiger partial charge is 0.137 e. The third kappa shape index (κ3) is 3.29. The van der Waals surface area contributed by atoms with Gasteiger partial charge in [0.25, 0.3) is 0 Å². The maximum atomic E-state index is 11.5. The third-order valence-electron chi connectivity index (χ3n) is 3.96. The molecule has 1 atom stereocenters. The highest BCUT2D eigenvalue weighted by atomic mass is 16.1. The molecule has 0 N–H and O–H groups in total. The second-order valence-corrected chi connectivity index (χ2v) is 5.37. The highest BCUT2D eigenvalue weighted by Crippen LogP contribution is 2.21. The van der Waals surface area contributed by atoms with Gasteiger partial charge in [0, 0.05) is 32.0 Å². The van der Waals surface area contributed by atoms with Gasteiger partial charge >= 0.3 is 0 Å². The summed E-state index contributed by atoms with van der Waals surface area (Å²) in [5.41, 5.74) is 0. The van der Waals surface area contributed by atoms with Crippen LogP contribution in [-0.4, -0.2) is 55.4 Å². The summed E-state index contributed by atoms with van der Waals surface area (Å²) in [7, 11) is 2.15. The Morgan fingerprint density at radius 1 is 1.31 bits per heavy atom. The SMILES string of the molecule is CN(CCN1CCCC1)CC1CCCC1=O. The van der Waals surface area contributed by atoms with Crippen molar-refractivity contribution in [2.75, 3.05) is 39.8 Å². The van der Waals surface area contributed by atoms with Crippen molar-refractivity contribution >= 4 is 5.78 Å². The van der Waals surface area contributed by atoms with Crippen LogP contribution in [0, 0.1) is 5.92 Å². The Kier molecular flexibility index (Phi) is 4.36. The molecule has 1 unspecified atom stereocenters. The van der Waals surface area contributed by atoms with Crippen molar-refractivity contribution in [3.05, 3.63) is 0 Å². The molecule has 2 aliphatic rings. The normalized spacial score (nSPS) is 27.1. The number of hydrogen-bond donors (Lipinski definition) is 0. The number of rotatable bonds is 5. The molecule has 3 heteroatoms. The van der Waals surface area contributed by atoms with Crippen molar-refractivity contribution in [2.24, 2.45) is 5.92 Å². The van der Waals surface area contributed by atoms with Gasteiger partial charge in [-0.15, -0.1) is 0 Å². The van der Waals surface area contributed by atoms with Gasteiger partial charge in [0.15, 0.2) is 0 Å². The van der Waals surface area contributed by atoms with Crippen LogP contribution in [0.25, 0.3) is 0 Å². The number of carbonyl (C=O) groups excluding carboxylic acids is 1. The minimum atomic E-state index is 0.337. The molecule has 16 heavy (non-hydrogen) atoms. The number of nitrogens with zero attached hydrogens (tertiary/aromatic N) is 2. The molecule has 1 aliphatic heterocycles. The summed E-state index contributed by atoms with van der Waals surface area (Å²) in [5.74, 6) is 0.830. The molecule has 0 aromatic rings. The summed E-state index contributed by atoms with van der Waals surface area (Å²) < 4.78 is 0. The first kappa shape index (κ1) is 12.1. The van der Waals surface area contributed by atoms with Crippen LogP contribution in [0.5, 0.6) is 0 Å². The molecule has 0 aromatic heterocycles. The number of Topliss-reactive ketones (excluding diaryl/α,β-unsaturated/α-hetero) is 1. The van der Waals surface area contributed by atoms with E-state index in [0.717, 1.165) is 32.4 Å². The van der Waals surface area contributed by atoms with Crippen molar-refractivity contribution in [3.63, 3.8) is 0 Å². The highest BCUT2D eigenvalue weighted by Gasteiger charge is 2.25. The fourth-order valence-corrected chi connectivity index (χ4v) is 2.87. The van der Waals surface area contributed by atoms with Crippen LogP contribution in [0.4, 0.5) is 0 Å². The molecule has 1 heterocycles. The lowest BCUT2D eigenvalue weighted by atomic mass is 10.1. The monoisotopic (exact) mass is 224 g/mol. The molecule has 0 amide bonds. The number of likely N-dealkylation sites (N-methyl/N-ethyl adjacent to an activating group) is 1. The summed E-state index contributed by atoms with van der Waals surface area (Å²) in [6, 6.07) is 0. The van der Waals surface area contributed by atoms with Crippen LogP contribution in [0.1, 0.15) is 32.1 Å². The molecule has 1 saturated heterocycles. The maximum absolute atomic E-state index is 11.5. The van der Waals surface area contributed by atoms with Gasteiger partial charge in [0.05, 0.1) is 0 Å². The fourth-order valence-electron chi connectivity index (χ4n) is 2.87. The molecule has 0 bridgehead atoms. The fraction of sp³-hybridized carbons (Fsp3) is 0.923. The first-order valence-electron chi connectivity index (χ1n) is 6.69. The number of carbonyl (C=O) groups is 1. The Labute approximate surface area is 98.8 Å². The molecule has 1 aliphatic carbocycles. The first-order valence-corrected chi connectivity index (χ1v) is 6.69. The average molecular weight is 224 g/mol.